The van der Waals surface area contributed by atoms with Gasteiger partial charge >= 0.3 is 0 Å². The zero-order chi connectivity index (χ0) is 9.10. The minimum Gasteiger partial charge on any atom is -0.264 e. The van der Waals surface area contributed by atoms with E-state index in [0.717, 1.165) is 0 Å². The summed E-state index contributed by atoms with van der Waals surface area (Å²) in [4.78, 5) is 4.15. The Hall–Kier alpha value is -0.540. The maximum atomic E-state index is 4.15. The zero-order valence-electron chi connectivity index (χ0n) is 7.81. The molecule has 1 aliphatic rings. The molecule has 0 aliphatic carbocycles. The quantitative estimate of drug-likeness (QED) is 0.639. The maximum Gasteiger partial charge on any atom is 0.0460 e. The SMILES string of the molecule is CN1CCC[C@@H](c2cccnc2)S1. The lowest BCUT2D eigenvalue weighted by Crippen LogP contribution is -2.19. The minimum atomic E-state index is 0.618. The smallest absolute Gasteiger partial charge is 0.0460 e. The zero-order valence-corrected chi connectivity index (χ0v) is 8.63. The van der Waals surface area contributed by atoms with Crippen molar-refractivity contribution in [3.05, 3.63) is 30.1 Å². The molecular formula is C10H14N2S. The maximum absolute atomic E-state index is 4.15. The van der Waals surface area contributed by atoms with E-state index in [9.17, 15) is 0 Å². The summed E-state index contributed by atoms with van der Waals surface area (Å²) < 4.78 is 2.32. The van der Waals surface area contributed by atoms with Crippen LogP contribution in [0.1, 0.15) is 23.7 Å². The molecule has 3 heteroatoms. The molecule has 0 N–H and O–H groups in total. The molecule has 0 aromatic carbocycles. The highest BCUT2D eigenvalue weighted by molar-refractivity contribution is 7.97. The largest absolute Gasteiger partial charge is 0.264 e. The molecule has 1 aliphatic heterocycles. The van der Waals surface area contributed by atoms with Gasteiger partial charge in [-0.1, -0.05) is 18.0 Å². The predicted molar refractivity (Wildman–Crippen MR) is 56.4 cm³/mol. The fraction of sp³-hybridized carbons (Fsp3) is 0.500. The number of nitrogens with zero attached hydrogens (tertiary/aromatic N) is 2. The van der Waals surface area contributed by atoms with Crippen LogP contribution in [0.25, 0.3) is 0 Å². The van der Waals surface area contributed by atoms with Crippen LogP contribution in [0.4, 0.5) is 0 Å². The highest BCUT2D eigenvalue weighted by Crippen LogP contribution is 2.37. The third kappa shape index (κ3) is 2.23. The van der Waals surface area contributed by atoms with Crippen LogP contribution in [0.2, 0.25) is 0 Å². The fourth-order valence-corrected chi connectivity index (χ4v) is 2.82. The molecule has 0 spiro atoms. The fourth-order valence-electron chi connectivity index (χ4n) is 1.62. The molecule has 1 fully saturated rings. The van der Waals surface area contributed by atoms with Gasteiger partial charge in [0.1, 0.15) is 0 Å². The normalized spacial score (nSPS) is 24.5. The average Bonchev–Trinajstić information content (AvgIpc) is 2.19. The highest BCUT2D eigenvalue weighted by Gasteiger charge is 2.19. The molecule has 0 amide bonds. The van der Waals surface area contributed by atoms with Crippen molar-refractivity contribution in [3.63, 3.8) is 0 Å². The molecule has 1 atom stereocenters. The Kier molecular flexibility index (Phi) is 2.86. The van der Waals surface area contributed by atoms with Crippen LogP contribution in [0.15, 0.2) is 24.5 Å². The van der Waals surface area contributed by atoms with Gasteiger partial charge in [-0.05, 0) is 31.5 Å². The molecule has 1 aromatic rings. The van der Waals surface area contributed by atoms with E-state index in [-0.39, 0.29) is 0 Å². The molecule has 0 unspecified atom stereocenters. The van der Waals surface area contributed by atoms with Gasteiger partial charge in [0.25, 0.3) is 0 Å². The van der Waals surface area contributed by atoms with Gasteiger partial charge in [-0.25, -0.2) is 0 Å². The second-order valence-corrected chi connectivity index (χ2v) is 4.78. The van der Waals surface area contributed by atoms with Gasteiger partial charge in [0.15, 0.2) is 0 Å². The van der Waals surface area contributed by atoms with Gasteiger partial charge in [0.2, 0.25) is 0 Å². The average molecular weight is 194 g/mol. The first-order valence-electron chi connectivity index (χ1n) is 4.64. The lowest BCUT2D eigenvalue weighted by atomic mass is 10.1. The van der Waals surface area contributed by atoms with E-state index < -0.39 is 0 Å². The summed E-state index contributed by atoms with van der Waals surface area (Å²) in [6.45, 7) is 1.21. The van der Waals surface area contributed by atoms with Gasteiger partial charge in [-0.3, -0.25) is 9.29 Å². The third-order valence-corrected chi connectivity index (χ3v) is 3.61. The molecule has 0 saturated carbocycles. The molecular weight excluding hydrogens is 180 g/mol. The summed E-state index contributed by atoms with van der Waals surface area (Å²) in [5, 5.41) is 0.618. The first-order chi connectivity index (χ1) is 6.36. The number of pyridine rings is 1. The number of hydrogen-bond acceptors (Lipinski definition) is 3. The summed E-state index contributed by atoms with van der Waals surface area (Å²) in [7, 11) is 2.16. The van der Waals surface area contributed by atoms with Crippen molar-refractivity contribution < 1.29 is 0 Å². The van der Waals surface area contributed by atoms with E-state index in [0.29, 0.717) is 5.25 Å². The Labute approximate surface area is 83.5 Å². The van der Waals surface area contributed by atoms with Crippen molar-refractivity contribution in [1.82, 2.24) is 9.29 Å². The molecule has 0 bridgehead atoms. The van der Waals surface area contributed by atoms with Gasteiger partial charge in [0, 0.05) is 24.2 Å². The molecule has 2 nitrogen and oxygen atoms in total. The van der Waals surface area contributed by atoms with Gasteiger partial charge in [-0.2, -0.15) is 0 Å². The van der Waals surface area contributed by atoms with E-state index in [1.165, 1.54) is 24.9 Å². The standard InChI is InChI=1S/C10H14N2S/c1-12-7-3-5-10(13-12)9-4-2-6-11-8-9/h2,4,6,8,10H,3,5,7H2,1H3/t10-/m0/s1. The van der Waals surface area contributed by atoms with Crippen molar-refractivity contribution in [2.75, 3.05) is 13.6 Å². The Morgan fingerprint density at radius 1 is 1.62 bits per heavy atom. The van der Waals surface area contributed by atoms with Crippen LogP contribution in [0, 0.1) is 0 Å². The number of rotatable bonds is 1. The summed E-state index contributed by atoms with van der Waals surface area (Å²) in [5.74, 6) is 0. The highest BCUT2D eigenvalue weighted by atomic mass is 32.2. The number of hydrogen-bond donors (Lipinski definition) is 0. The van der Waals surface area contributed by atoms with E-state index in [4.69, 9.17) is 0 Å². The van der Waals surface area contributed by atoms with Crippen molar-refractivity contribution in [2.24, 2.45) is 0 Å². The van der Waals surface area contributed by atoms with Crippen molar-refractivity contribution in [2.45, 2.75) is 18.1 Å². The molecule has 1 aromatic heterocycles. The summed E-state index contributed by atoms with van der Waals surface area (Å²) in [6, 6.07) is 4.19. The van der Waals surface area contributed by atoms with Gasteiger partial charge in [0.05, 0.1) is 0 Å². The van der Waals surface area contributed by atoms with Crippen LogP contribution in [-0.2, 0) is 0 Å². The second-order valence-electron chi connectivity index (χ2n) is 3.37. The first-order valence-corrected chi connectivity index (χ1v) is 5.48. The monoisotopic (exact) mass is 194 g/mol. The van der Waals surface area contributed by atoms with Crippen molar-refractivity contribution in [1.29, 1.82) is 0 Å². The van der Waals surface area contributed by atoms with Crippen LogP contribution in [0.5, 0.6) is 0 Å². The summed E-state index contributed by atoms with van der Waals surface area (Å²) in [6.07, 6.45) is 6.39. The number of aromatic nitrogens is 1. The Bertz CT molecular complexity index is 263. The van der Waals surface area contributed by atoms with Crippen molar-refractivity contribution in [3.8, 4) is 0 Å². The molecule has 1 saturated heterocycles. The summed E-state index contributed by atoms with van der Waals surface area (Å²) in [5.41, 5.74) is 1.36. The Morgan fingerprint density at radius 3 is 3.23 bits per heavy atom. The van der Waals surface area contributed by atoms with E-state index in [2.05, 4.69) is 22.4 Å². The lowest BCUT2D eigenvalue weighted by molar-refractivity contribution is 0.490. The molecule has 13 heavy (non-hydrogen) atoms. The molecule has 2 rings (SSSR count). The first kappa shape index (κ1) is 9.03. The predicted octanol–water partition coefficient (Wildman–Crippen LogP) is 2.50. The molecule has 70 valence electrons. The van der Waals surface area contributed by atoms with Crippen molar-refractivity contribution >= 4 is 11.9 Å². The third-order valence-electron chi connectivity index (χ3n) is 2.30. The van der Waals surface area contributed by atoms with Crippen LogP contribution < -0.4 is 0 Å². The van der Waals surface area contributed by atoms with Gasteiger partial charge in [-0.15, -0.1) is 0 Å². The van der Waals surface area contributed by atoms with E-state index >= 15 is 0 Å². The van der Waals surface area contributed by atoms with Gasteiger partial charge < -0.3 is 0 Å². The minimum absolute atomic E-state index is 0.618. The van der Waals surface area contributed by atoms with E-state index in [1.54, 1.807) is 0 Å². The van der Waals surface area contributed by atoms with Crippen LogP contribution in [0.3, 0.4) is 0 Å². The topological polar surface area (TPSA) is 16.1 Å². The second kappa shape index (κ2) is 4.11. The summed E-state index contributed by atoms with van der Waals surface area (Å²) >= 11 is 1.93. The Morgan fingerprint density at radius 2 is 2.54 bits per heavy atom. The van der Waals surface area contributed by atoms with Crippen LogP contribution >= 0.6 is 11.9 Å². The molecule has 0 radical (unpaired) electrons. The van der Waals surface area contributed by atoms with Crippen LogP contribution in [-0.4, -0.2) is 22.9 Å². The Balaban J connectivity index is 2.08. The van der Waals surface area contributed by atoms with E-state index in [1.807, 2.05) is 30.4 Å². The molecule has 2 heterocycles. The lowest BCUT2D eigenvalue weighted by Gasteiger charge is -2.28.